The van der Waals surface area contributed by atoms with Crippen LogP contribution in [-0.2, 0) is 4.43 Å². The van der Waals surface area contributed by atoms with E-state index in [4.69, 9.17) is 4.43 Å². The van der Waals surface area contributed by atoms with Crippen LogP contribution in [0.25, 0.3) is 0 Å². The van der Waals surface area contributed by atoms with Gasteiger partial charge in [-0.05, 0) is 55.4 Å². The molecule has 2 fully saturated rings. The zero-order valence-corrected chi connectivity index (χ0v) is 12.5. The highest BCUT2D eigenvalue weighted by Gasteiger charge is 2.52. The molecule has 0 unspecified atom stereocenters. The number of hydrogen-bond donors (Lipinski definition) is 1. The summed E-state index contributed by atoms with van der Waals surface area (Å²) in [5.41, 5.74) is 0. The maximum atomic E-state index is 6.23. The Morgan fingerprint density at radius 3 is 2.25 bits per heavy atom. The van der Waals surface area contributed by atoms with E-state index >= 15 is 0 Å². The first-order valence-corrected chi connectivity index (χ1v) is 9.58. The van der Waals surface area contributed by atoms with Gasteiger partial charge in [0, 0.05) is 6.61 Å². The van der Waals surface area contributed by atoms with Gasteiger partial charge in [-0.2, -0.15) is 0 Å². The van der Waals surface area contributed by atoms with Crippen LogP contribution in [0.5, 0.6) is 0 Å². The summed E-state index contributed by atoms with van der Waals surface area (Å²) in [5.74, 6) is 2.96. The third-order valence-electron chi connectivity index (χ3n) is 4.99. The van der Waals surface area contributed by atoms with E-state index in [0.717, 1.165) is 24.4 Å². The molecule has 0 aromatic carbocycles. The zero-order chi connectivity index (χ0) is 12.0. The molecule has 16 heavy (non-hydrogen) atoms. The van der Waals surface area contributed by atoms with Crippen LogP contribution in [-0.4, -0.2) is 28.0 Å². The Hall–Kier alpha value is 0.137. The van der Waals surface area contributed by atoms with Gasteiger partial charge in [0.05, 0.1) is 0 Å². The van der Waals surface area contributed by atoms with Crippen molar-refractivity contribution in [1.82, 2.24) is 5.32 Å². The van der Waals surface area contributed by atoms with Gasteiger partial charge >= 0.3 is 0 Å². The van der Waals surface area contributed by atoms with Crippen LogP contribution in [0.2, 0.25) is 18.1 Å². The molecule has 94 valence electrons. The van der Waals surface area contributed by atoms with Gasteiger partial charge in [-0.15, -0.1) is 0 Å². The number of nitrogens with one attached hydrogen (secondary N) is 1. The van der Waals surface area contributed by atoms with E-state index in [1.807, 2.05) is 0 Å². The van der Waals surface area contributed by atoms with E-state index < -0.39 is 8.32 Å². The van der Waals surface area contributed by atoms with E-state index in [-0.39, 0.29) is 0 Å². The third kappa shape index (κ3) is 2.36. The minimum Gasteiger partial charge on any atom is -0.417 e. The second kappa shape index (κ2) is 4.11. The molecule has 1 N–H and O–H groups in total. The normalized spacial score (nSPS) is 33.9. The molecule has 1 aliphatic heterocycles. The molecular formula is C13H27NOSi. The third-order valence-corrected chi connectivity index (χ3v) is 9.53. The Balaban J connectivity index is 1.69. The second-order valence-electron chi connectivity index (χ2n) is 7.05. The lowest BCUT2D eigenvalue weighted by molar-refractivity contribution is 0.268. The number of rotatable bonds is 4. The van der Waals surface area contributed by atoms with Crippen LogP contribution in [0.3, 0.4) is 0 Å². The molecule has 0 spiro atoms. The Morgan fingerprint density at radius 1 is 1.19 bits per heavy atom. The maximum Gasteiger partial charge on any atom is 0.191 e. The maximum absolute atomic E-state index is 6.23. The van der Waals surface area contributed by atoms with Gasteiger partial charge in [0.2, 0.25) is 0 Å². The molecule has 1 aliphatic carbocycles. The van der Waals surface area contributed by atoms with Crippen LogP contribution in [0.4, 0.5) is 0 Å². The van der Waals surface area contributed by atoms with Gasteiger partial charge in [-0.3, -0.25) is 0 Å². The van der Waals surface area contributed by atoms with Crippen LogP contribution in [0.1, 0.15) is 27.2 Å². The van der Waals surface area contributed by atoms with Gasteiger partial charge in [-0.1, -0.05) is 20.8 Å². The first kappa shape index (κ1) is 12.6. The molecular weight excluding hydrogens is 214 g/mol. The molecule has 2 aliphatic rings. The smallest absolute Gasteiger partial charge is 0.191 e. The first-order chi connectivity index (χ1) is 7.33. The van der Waals surface area contributed by atoms with E-state index in [1.165, 1.54) is 19.5 Å². The largest absolute Gasteiger partial charge is 0.417 e. The summed E-state index contributed by atoms with van der Waals surface area (Å²) in [6, 6.07) is 0. The molecule has 3 heteroatoms. The number of fused-ring (bicyclic) bond motifs is 1. The van der Waals surface area contributed by atoms with E-state index in [1.54, 1.807) is 0 Å². The fraction of sp³-hybridized carbons (Fsp3) is 1.00. The summed E-state index contributed by atoms with van der Waals surface area (Å²) < 4.78 is 6.23. The van der Waals surface area contributed by atoms with Crippen molar-refractivity contribution in [2.45, 2.75) is 45.3 Å². The van der Waals surface area contributed by atoms with Gasteiger partial charge in [0.25, 0.3) is 0 Å². The van der Waals surface area contributed by atoms with Crippen LogP contribution >= 0.6 is 0 Å². The molecule has 1 heterocycles. The monoisotopic (exact) mass is 241 g/mol. The van der Waals surface area contributed by atoms with E-state index in [0.29, 0.717) is 5.04 Å². The highest BCUT2D eigenvalue weighted by molar-refractivity contribution is 6.74. The van der Waals surface area contributed by atoms with Crippen LogP contribution < -0.4 is 5.32 Å². The second-order valence-corrected chi connectivity index (χ2v) is 11.9. The SMILES string of the molecule is CC(C)(C)[Si](C)(C)OCC[C@@H]1[C@H]2CNC[C@@H]12. The minimum atomic E-state index is -1.50. The summed E-state index contributed by atoms with van der Waals surface area (Å²) in [5, 5.41) is 3.81. The van der Waals surface area contributed by atoms with Crippen molar-refractivity contribution in [3.63, 3.8) is 0 Å². The van der Waals surface area contributed by atoms with Crippen molar-refractivity contribution in [2.75, 3.05) is 19.7 Å². The summed E-state index contributed by atoms with van der Waals surface area (Å²) in [7, 11) is -1.50. The van der Waals surface area contributed by atoms with E-state index in [9.17, 15) is 0 Å². The quantitative estimate of drug-likeness (QED) is 0.764. The van der Waals surface area contributed by atoms with Crippen molar-refractivity contribution in [3.05, 3.63) is 0 Å². The highest BCUT2D eigenvalue weighted by Crippen LogP contribution is 2.50. The molecule has 0 bridgehead atoms. The predicted molar refractivity (Wildman–Crippen MR) is 71.1 cm³/mol. The van der Waals surface area contributed by atoms with Crippen LogP contribution in [0, 0.1) is 17.8 Å². The highest BCUT2D eigenvalue weighted by atomic mass is 28.4. The zero-order valence-electron chi connectivity index (χ0n) is 11.5. The number of piperidine rings is 1. The topological polar surface area (TPSA) is 21.3 Å². The summed E-state index contributed by atoms with van der Waals surface area (Å²) in [4.78, 5) is 0. The molecule has 0 aromatic heterocycles. The number of hydrogen-bond acceptors (Lipinski definition) is 2. The van der Waals surface area contributed by atoms with Crippen molar-refractivity contribution in [3.8, 4) is 0 Å². The lowest BCUT2D eigenvalue weighted by Gasteiger charge is -2.36. The molecule has 0 radical (unpaired) electrons. The predicted octanol–water partition coefficient (Wildman–Crippen LogP) is 2.86. The van der Waals surface area contributed by atoms with Crippen molar-refractivity contribution >= 4 is 8.32 Å². The Bertz CT molecular complexity index is 249. The molecule has 1 saturated carbocycles. The minimum absolute atomic E-state index is 0.355. The van der Waals surface area contributed by atoms with Crippen molar-refractivity contribution in [1.29, 1.82) is 0 Å². The molecule has 2 rings (SSSR count). The lowest BCUT2D eigenvalue weighted by atomic mass is 10.2. The lowest BCUT2D eigenvalue weighted by Crippen LogP contribution is -2.41. The Morgan fingerprint density at radius 2 is 1.75 bits per heavy atom. The summed E-state index contributed by atoms with van der Waals surface area (Å²) in [6.45, 7) is 15.2. The molecule has 3 atom stereocenters. The van der Waals surface area contributed by atoms with Gasteiger partial charge in [-0.25, -0.2) is 0 Å². The van der Waals surface area contributed by atoms with Crippen LogP contribution in [0.15, 0.2) is 0 Å². The fourth-order valence-corrected chi connectivity index (χ4v) is 3.70. The Labute approximate surface area is 101 Å². The summed E-state index contributed by atoms with van der Waals surface area (Å²) >= 11 is 0. The van der Waals surface area contributed by atoms with E-state index in [2.05, 4.69) is 39.2 Å². The molecule has 0 aromatic rings. The standard InChI is InChI=1S/C13H27NOSi/c1-13(2,3)16(4,5)15-7-6-10-11-8-14-9-12(10)11/h10-12,14H,6-9H2,1-5H3/t10-,11-,12+. The summed E-state index contributed by atoms with van der Waals surface area (Å²) in [6.07, 6.45) is 1.30. The van der Waals surface area contributed by atoms with Gasteiger partial charge in [0.15, 0.2) is 8.32 Å². The first-order valence-electron chi connectivity index (χ1n) is 6.67. The van der Waals surface area contributed by atoms with Gasteiger partial charge in [0.1, 0.15) is 0 Å². The van der Waals surface area contributed by atoms with Crippen molar-refractivity contribution < 1.29 is 4.43 Å². The Kier molecular flexibility index (Phi) is 3.23. The average Bonchev–Trinajstić information content (AvgIpc) is 2.57. The average molecular weight is 241 g/mol. The molecule has 2 nitrogen and oxygen atoms in total. The fourth-order valence-electron chi connectivity index (χ4n) is 2.64. The molecule has 1 saturated heterocycles. The van der Waals surface area contributed by atoms with Gasteiger partial charge < -0.3 is 9.74 Å². The van der Waals surface area contributed by atoms with Crippen molar-refractivity contribution in [2.24, 2.45) is 17.8 Å². The molecule has 0 amide bonds.